The summed E-state index contributed by atoms with van der Waals surface area (Å²) in [5, 5.41) is 16.9. The summed E-state index contributed by atoms with van der Waals surface area (Å²) in [5.41, 5.74) is 1.53. The number of carbonyl (C=O) groups is 1. The Morgan fingerprint density at radius 1 is 1.32 bits per heavy atom. The quantitative estimate of drug-likeness (QED) is 0.841. The van der Waals surface area contributed by atoms with Crippen molar-refractivity contribution in [1.29, 1.82) is 0 Å². The van der Waals surface area contributed by atoms with E-state index in [9.17, 15) is 4.79 Å². The van der Waals surface area contributed by atoms with Crippen molar-refractivity contribution in [2.24, 2.45) is 11.0 Å². The van der Waals surface area contributed by atoms with Crippen molar-refractivity contribution in [3.8, 4) is 0 Å². The average Bonchev–Trinajstić information content (AvgIpc) is 3.19. The first-order valence-electron chi connectivity index (χ1n) is 8.62. The molecule has 1 fully saturated rings. The molecule has 132 valence electrons. The first-order valence-corrected chi connectivity index (χ1v) is 8.62. The highest BCUT2D eigenvalue weighted by molar-refractivity contribution is 5.91. The van der Waals surface area contributed by atoms with E-state index in [-0.39, 0.29) is 23.8 Å². The molecule has 0 radical (unpaired) electrons. The number of rotatable bonds is 3. The number of likely N-dealkylation sites (N-methyl/N-ethyl adjacent to an activating group) is 1. The number of anilines is 1. The van der Waals surface area contributed by atoms with Gasteiger partial charge in [0.2, 0.25) is 11.9 Å². The van der Waals surface area contributed by atoms with E-state index in [1.54, 1.807) is 16.9 Å². The number of amides is 1. The molecule has 4 rings (SSSR count). The van der Waals surface area contributed by atoms with Gasteiger partial charge in [0.25, 0.3) is 0 Å². The molecule has 0 bridgehead atoms. The number of carbonyl (C=O) groups excluding carboxylic acids is 1. The molecule has 2 unspecified atom stereocenters. The summed E-state index contributed by atoms with van der Waals surface area (Å²) in [4.78, 5) is 21.1. The van der Waals surface area contributed by atoms with Crippen LogP contribution in [0.25, 0.3) is 5.65 Å². The average molecular weight is 342 g/mol. The Bertz CT molecular complexity index is 810. The van der Waals surface area contributed by atoms with Crippen molar-refractivity contribution in [3.05, 3.63) is 18.1 Å². The minimum Gasteiger partial charge on any atom is -0.317 e. The molecule has 0 saturated carbocycles. The van der Waals surface area contributed by atoms with Crippen LogP contribution in [0.2, 0.25) is 0 Å². The molecule has 0 aliphatic carbocycles. The number of nitrogens with one attached hydrogen (secondary N) is 2. The summed E-state index contributed by atoms with van der Waals surface area (Å²) in [6, 6.07) is 0.212. The Hall–Kier alpha value is -2.55. The highest BCUT2D eigenvalue weighted by Gasteiger charge is 2.29. The van der Waals surface area contributed by atoms with E-state index in [1.807, 2.05) is 18.3 Å². The third-order valence-corrected chi connectivity index (χ3v) is 5.08. The van der Waals surface area contributed by atoms with Crippen molar-refractivity contribution in [2.45, 2.75) is 31.7 Å². The van der Waals surface area contributed by atoms with Gasteiger partial charge in [0, 0.05) is 25.4 Å². The fraction of sp³-hybridized carbons (Fsp3) is 0.562. The molecular formula is C16H22N8O. The Morgan fingerprint density at radius 2 is 2.12 bits per heavy atom. The van der Waals surface area contributed by atoms with Crippen molar-refractivity contribution < 1.29 is 4.79 Å². The Morgan fingerprint density at radius 3 is 2.84 bits per heavy atom. The number of aromatic nitrogens is 4. The number of hydrazone groups is 1. The molecule has 25 heavy (non-hydrogen) atoms. The zero-order chi connectivity index (χ0) is 17.4. The third-order valence-electron chi connectivity index (χ3n) is 5.08. The summed E-state index contributed by atoms with van der Waals surface area (Å²) in [6.07, 6.45) is 7.02. The summed E-state index contributed by atoms with van der Waals surface area (Å²) >= 11 is 0. The van der Waals surface area contributed by atoms with E-state index in [0.29, 0.717) is 11.6 Å². The maximum atomic E-state index is 12.4. The monoisotopic (exact) mass is 342 g/mol. The van der Waals surface area contributed by atoms with Crippen LogP contribution in [0.15, 0.2) is 17.5 Å². The van der Waals surface area contributed by atoms with Gasteiger partial charge in [-0.25, -0.2) is 4.52 Å². The largest absolute Gasteiger partial charge is 0.317 e. The van der Waals surface area contributed by atoms with Crippen LogP contribution in [0.1, 0.15) is 31.4 Å². The zero-order valence-corrected chi connectivity index (χ0v) is 14.4. The minimum atomic E-state index is -0.0116. The van der Waals surface area contributed by atoms with Crippen LogP contribution >= 0.6 is 0 Å². The van der Waals surface area contributed by atoms with E-state index in [4.69, 9.17) is 0 Å². The van der Waals surface area contributed by atoms with E-state index in [1.165, 1.54) is 0 Å². The second kappa shape index (κ2) is 6.40. The lowest BCUT2D eigenvalue weighted by Crippen LogP contribution is -2.34. The van der Waals surface area contributed by atoms with E-state index in [2.05, 4.69) is 37.7 Å². The maximum absolute atomic E-state index is 12.4. The van der Waals surface area contributed by atoms with Crippen molar-refractivity contribution in [2.75, 3.05) is 25.5 Å². The van der Waals surface area contributed by atoms with Crippen LogP contribution < -0.4 is 10.6 Å². The van der Waals surface area contributed by atoms with Gasteiger partial charge in [-0.3, -0.25) is 20.1 Å². The van der Waals surface area contributed by atoms with Crippen LogP contribution in [0, 0.1) is 5.92 Å². The number of piperidine rings is 1. The van der Waals surface area contributed by atoms with Gasteiger partial charge in [0.1, 0.15) is 0 Å². The highest BCUT2D eigenvalue weighted by atomic mass is 16.2. The smallest absolute Gasteiger partial charge is 0.249 e. The van der Waals surface area contributed by atoms with Gasteiger partial charge in [0.05, 0.1) is 23.9 Å². The summed E-state index contributed by atoms with van der Waals surface area (Å²) in [7, 11) is 1.95. The molecule has 1 amide bonds. The Balaban J connectivity index is 1.59. The first-order chi connectivity index (χ1) is 12.1. The maximum Gasteiger partial charge on any atom is 0.249 e. The summed E-state index contributed by atoms with van der Waals surface area (Å²) in [6.45, 7) is 3.85. The standard InChI is InChI=1S/C16H22N8O/c1-10-12(7-19-23(10)2)13-8-18-9-14-20-16(22-24(13)14)21-15(25)11-3-5-17-6-4-11/h7-12,17H,3-6H2,1-2H3,(H,21,22,25). The molecule has 2 atom stereocenters. The predicted molar refractivity (Wildman–Crippen MR) is 93.5 cm³/mol. The van der Waals surface area contributed by atoms with Crippen LogP contribution in [0.4, 0.5) is 5.95 Å². The molecule has 9 heteroatoms. The number of nitrogens with zero attached hydrogens (tertiary/aromatic N) is 6. The predicted octanol–water partition coefficient (Wildman–Crippen LogP) is 0.466. The molecule has 9 nitrogen and oxygen atoms in total. The molecule has 1 saturated heterocycles. The lowest BCUT2D eigenvalue weighted by atomic mass is 9.97. The summed E-state index contributed by atoms with van der Waals surface area (Å²) < 4.78 is 1.75. The first kappa shape index (κ1) is 15.9. The van der Waals surface area contributed by atoms with Crippen molar-refractivity contribution in [1.82, 2.24) is 29.9 Å². The second-order valence-electron chi connectivity index (χ2n) is 6.66. The van der Waals surface area contributed by atoms with Crippen LogP contribution in [0.5, 0.6) is 0 Å². The lowest BCUT2D eigenvalue weighted by molar-refractivity contribution is -0.120. The number of fused-ring (bicyclic) bond motifs is 1. The van der Waals surface area contributed by atoms with Gasteiger partial charge in [0.15, 0.2) is 5.65 Å². The SMILES string of the molecule is CC1C(c2cncc3nc(NC(=O)C4CCNCC4)nn23)C=NN1C. The van der Waals surface area contributed by atoms with Crippen LogP contribution in [-0.4, -0.2) is 62.9 Å². The molecule has 2 aliphatic rings. The van der Waals surface area contributed by atoms with E-state index < -0.39 is 0 Å². The highest BCUT2D eigenvalue weighted by Crippen LogP contribution is 2.26. The molecule has 0 aromatic carbocycles. The van der Waals surface area contributed by atoms with E-state index >= 15 is 0 Å². The van der Waals surface area contributed by atoms with Crippen molar-refractivity contribution in [3.63, 3.8) is 0 Å². The molecule has 4 heterocycles. The van der Waals surface area contributed by atoms with Gasteiger partial charge >= 0.3 is 0 Å². The number of hydrogen-bond donors (Lipinski definition) is 2. The minimum absolute atomic E-state index is 0.0116. The molecule has 0 spiro atoms. The normalized spacial score (nSPS) is 24.2. The lowest BCUT2D eigenvalue weighted by Gasteiger charge is -2.20. The number of hydrogen-bond acceptors (Lipinski definition) is 7. The molecule has 2 N–H and O–H groups in total. The topological polar surface area (TPSA) is 99.8 Å². The van der Waals surface area contributed by atoms with Gasteiger partial charge in [-0.05, 0) is 32.9 Å². The summed E-state index contributed by atoms with van der Waals surface area (Å²) in [5.74, 6) is 0.410. The van der Waals surface area contributed by atoms with Gasteiger partial charge in [-0.2, -0.15) is 10.1 Å². The van der Waals surface area contributed by atoms with Gasteiger partial charge < -0.3 is 5.32 Å². The Labute approximate surface area is 145 Å². The van der Waals surface area contributed by atoms with Gasteiger partial charge in [-0.15, -0.1) is 5.10 Å². The zero-order valence-electron chi connectivity index (χ0n) is 14.4. The van der Waals surface area contributed by atoms with Crippen LogP contribution in [-0.2, 0) is 4.79 Å². The molecule has 2 aromatic heterocycles. The Kier molecular flexibility index (Phi) is 4.08. The molecular weight excluding hydrogens is 320 g/mol. The van der Waals surface area contributed by atoms with Crippen molar-refractivity contribution >= 4 is 23.7 Å². The van der Waals surface area contributed by atoms with Crippen LogP contribution in [0.3, 0.4) is 0 Å². The fourth-order valence-corrected chi connectivity index (χ4v) is 3.37. The van der Waals surface area contributed by atoms with E-state index in [0.717, 1.165) is 31.6 Å². The molecule has 2 aliphatic heterocycles. The second-order valence-corrected chi connectivity index (χ2v) is 6.66. The molecule has 2 aromatic rings. The third kappa shape index (κ3) is 2.95. The fourth-order valence-electron chi connectivity index (χ4n) is 3.37. The van der Waals surface area contributed by atoms with Gasteiger partial charge in [-0.1, -0.05) is 0 Å².